The van der Waals surface area contributed by atoms with Crippen LogP contribution in [0.25, 0.3) is 33.7 Å². The number of aryl methyl sites for hydroxylation is 2. The minimum Gasteiger partial charge on any atom is -0.503 e. The Morgan fingerprint density at radius 3 is 2.40 bits per heavy atom. The number of ether oxygens (including phenoxy) is 2. The van der Waals surface area contributed by atoms with Crippen LogP contribution in [0.15, 0.2) is 70.4 Å². The number of phenols is 1. The molecule has 0 bridgehead atoms. The Labute approximate surface area is 319 Å². The van der Waals surface area contributed by atoms with Gasteiger partial charge in [0.05, 0.1) is 37.4 Å². The van der Waals surface area contributed by atoms with Gasteiger partial charge in [0.1, 0.15) is 16.9 Å². The van der Waals surface area contributed by atoms with Crippen LogP contribution in [0, 0.1) is 13.8 Å². The number of amidine groups is 1. The van der Waals surface area contributed by atoms with E-state index in [0.717, 1.165) is 93.5 Å². The van der Waals surface area contributed by atoms with E-state index in [1.165, 1.54) is 7.11 Å². The summed E-state index contributed by atoms with van der Waals surface area (Å²) in [6, 6.07) is 13.5. The minimum atomic E-state index is -0.0405. The van der Waals surface area contributed by atoms with Gasteiger partial charge < -0.3 is 29.7 Å². The molecule has 0 fully saturated rings. The van der Waals surface area contributed by atoms with E-state index in [1.54, 1.807) is 19.4 Å². The molecule has 12 nitrogen and oxygen atoms in total. The predicted octanol–water partition coefficient (Wildman–Crippen LogP) is 4.57. The number of fused-ring (bicyclic) bond motifs is 9. The molecule has 3 aromatic heterocycles. The molecular weight excluding hydrogens is 693 g/mol. The molecule has 0 spiro atoms. The molecule has 55 heavy (non-hydrogen) atoms. The smallest absolute Gasteiger partial charge is 0.199 e. The van der Waals surface area contributed by atoms with Crippen molar-refractivity contribution >= 4 is 40.0 Å². The number of likely N-dealkylation sites (N-methyl/N-ethyl adjacent to an activating group) is 2. The van der Waals surface area contributed by atoms with Crippen LogP contribution in [-0.2, 0) is 0 Å². The fourth-order valence-electron chi connectivity index (χ4n) is 7.85. The number of hydrogen-bond acceptors (Lipinski definition) is 11. The van der Waals surface area contributed by atoms with Crippen LogP contribution in [0.3, 0.4) is 0 Å². The molecule has 280 valence electrons. The van der Waals surface area contributed by atoms with Crippen molar-refractivity contribution in [3.63, 3.8) is 0 Å². The van der Waals surface area contributed by atoms with Crippen molar-refractivity contribution in [3.8, 4) is 28.4 Å². The average Bonchev–Trinajstić information content (AvgIpc) is 3.73. The number of nitrogens with zero attached hydrogens (tertiary/aromatic N) is 7. The fraction of sp³-hybridized carbons (Fsp3) is 0.302. The number of aromatic nitrogens is 3. The molecule has 2 aromatic carbocycles. The van der Waals surface area contributed by atoms with Gasteiger partial charge in [0.2, 0.25) is 0 Å². The number of anilines is 1. The summed E-state index contributed by atoms with van der Waals surface area (Å²) in [5, 5.41) is 16.8. The van der Waals surface area contributed by atoms with E-state index in [-0.39, 0.29) is 11.5 Å². The molecule has 0 radical (unpaired) electrons. The lowest BCUT2D eigenvalue weighted by Crippen LogP contribution is -2.34. The van der Waals surface area contributed by atoms with Gasteiger partial charge in [-0.1, -0.05) is 0 Å². The van der Waals surface area contributed by atoms with E-state index in [4.69, 9.17) is 24.4 Å². The summed E-state index contributed by atoms with van der Waals surface area (Å²) < 4.78 is 10.9. The van der Waals surface area contributed by atoms with Crippen LogP contribution in [-0.4, -0.2) is 109 Å². The number of phenolic OH excluding ortho intramolecular Hbond substituents is 1. The molecule has 0 amide bonds. The Morgan fingerprint density at radius 2 is 1.62 bits per heavy atom. The maximum Gasteiger partial charge on any atom is 0.199 e. The highest BCUT2D eigenvalue weighted by atomic mass is 16.5. The SMILES string of the molecule is COc1ccc2c3c(c(NCCN(C)CCCN(C)CCN=C4N=c5c(O)c(OC)ccc5=C5C4=Cc4c5ccnc4C)nc2c1)C(=O)c1c-3ccnc1C. The number of nitrogens with one attached hydrogen (secondary N) is 1. The van der Waals surface area contributed by atoms with E-state index < -0.39 is 0 Å². The van der Waals surface area contributed by atoms with Gasteiger partial charge in [-0.3, -0.25) is 19.8 Å². The highest BCUT2D eigenvalue weighted by molar-refractivity contribution is 6.28. The first-order chi connectivity index (χ1) is 26.7. The first kappa shape index (κ1) is 36.0. The number of aromatic hydroxyl groups is 1. The van der Waals surface area contributed by atoms with Crippen molar-refractivity contribution in [3.05, 3.63) is 105 Å². The maximum absolute atomic E-state index is 13.8. The lowest BCUT2D eigenvalue weighted by molar-refractivity contribution is 0.104. The number of carbonyl (C=O) groups is 1. The van der Waals surface area contributed by atoms with Gasteiger partial charge in [-0.25, -0.2) is 9.98 Å². The molecule has 0 atom stereocenters. The Bertz CT molecular complexity index is 2580. The molecule has 3 aliphatic rings. The number of benzene rings is 2. The number of methoxy groups -OCH3 is 2. The van der Waals surface area contributed by atoms with Gasteiger partial charge in [-0.05, 0) is 101 Å². The minimum absolute atomic E-state index is 0.0136. The summed E-state index contributed by atoms with van der Waals surface area (Å²) in [5.74, 6) is 2.25. The quantitative estimate of drug-likeness (QED) is 0.174. The predicted molar refractivity (Wildman–Crippen MR) is 215 cm³/mol. The molecule has 2 N–H and O–H groups in total. The third-order valence-electron chi connectivity index (χ3n) is 10.7. The normalized spacial score (nSPS) is 14.5. The zero-order chi connectivity index (χ0) is 38.4. The van der Waals surface area contributed by atoms with E-state index in [0.29, 0.717) is 52.7 Å². The number of carbonyl (C=O) groups excluding carboxylic acids is 1. The summed E-state index contributed by atoms with van der Waals surface area (Å²) >= 11 is 0. The van der Waals surface area contributed by atoms with Crippen LogP contribution in [0.4, 0.5) is 5.82 Å². The van der Waals surface area contributed by atoms with Gasteiger partial charge >= 0.3 is 0 Å². The standard InChI is InChI=1S/C43H44N8O4/c1-24-31-23-32-36(27(31)12-14-44-24)30-10-11-34(55-6)40(52)39(30)49-42(32)46-16-20-50(3)18-7-19-51(4)21-17-47-43-38-37(28-9-8-26(54-5)22-33(28)48-43)29-13-15-45-25(2)35(29)41(38)53/h8-15,22-23,52H,7,16-21H2,1-6H3,(H,47,48). The van der Waals surface area contributed by atoms with E-state index in [1.807, 2.05) is 56.4 Å². The molecule has 0 unspecified atom stereocenters. The largest absolute Gasteiger partial charge is 0.503 e. The zero-order valence-corrected chi connectivity index (χ0v) is 32.0. The second-order valence-electron chi connectivity index (χ2n) is 14.2. The Kier molecular flexibility index (Phi) is 9.62. The number of rotatable bonds is 13. The van der Waals surface area contributed by atoms with Crippen molar-refractivity contribution in [1.29, 1.82) is 0 Å². The van der Waals surface area contributed by atoms with Gasteiger partial charge in [0, 0.05) is 82.4 Å². The zero-order valence-electron chi connectivity index (χ0n) is 32.0. The van der Waals surface area contributed by atoms with Crippen LogP contribution in [0.5, 0.6) is 17.2 Å². The van der Waals surface area contributed by atoms with Crippen molar-refractivity contribution in [1.82, 2.24) is 24.8 Å². The van der Waals surface area contributed by atoms with Gasteiger partial charge in [0.15, 0.2) is 23.1 Å². The van der Waals surface area contributed by atoms with Crippen molar-refractivity contribution in [2.75, 3.05) is 72.9 Å². The Hall–Kier alpha value is -5.98. The number of hydrogen-bond donors (Lipinski definition) is 2. The van der Waals surface area contributed by atoms with Gasteiger partial charge in [0.25, 0.3) is 0 Å². The summed E-state index contributed by atoms with van der Waals surface area (Å²) in [6.07, 6.45) is 6.67. The first-order valence-corrected chi connectivity index (χ1v) is 18.5. The second kappa shape index (κ2) is 14.7. The van der Waals surface area contributed by atoms with Crippen LogP contribution in [0.2, 0.25) is 0 Å². The molecular formula is C43H44N8O4. The molecule has 5 aromatic rings. The third kappa shape index (κ3) is 6.40. The van der Waals surface area contributed by atoms with Crippen LogP contribution in [0.1, 0.15) is 44.9 Å². The van der Waals surface area contributed by atoms with Crippen LogP contribution >= 0.6 is 0 Å². The monoisotopic (exact) mass is 736 g/mol. The second-order valence-corrected chi connectivity index (χ2v) is 14.2. The summed E-state index contributed by atoms with van der Waals surface area (Å²) in [7, 11) is 7.39. The first-order valence-electron chi connectivity index (χ1n) is 18.5. The molecule has 0 saturated heterocycles. The maximum atomic E-state index is 13.8. The number of ketones is 1. The third-order valence-corrected chi connectivity index (χ3v) is 10.7. The molecule has 0 saturated carbocycles. The topological polar surface area (TPSA) is 138 Å². The van der Waals surface area contributed by atoms with Crippen molar-refractivity contribution < 1.29 is 19.4 Å². The fourth-order valence-corrected chi connectivity index (χ4v) is 7.85. The summed E-state index contributed by atoms with van der Waals surface area (Å²) in [5.41, 5.74) is 9.57. The Balaban J connectivity index is 0.891. The van der Waals surface area contributed by atoms with Crippen LogP contribution < -0.4 is 25.4 Å². The molecule has 4 heterocycles. The number of aliphatic imine (C=N–C) groups is 1. The lowest BCUT2D eigenvalue weighted by atomic mass is 9.97. The lowest BCUT2D eigenvalue weighted by Gasteiger charge is -2.21. The van der Waals surface area contributed by atoms with Crippen molar-refractivity contribution in [2.45, 2.75) is 20.3 Å². The van der Waals surface area contributed by atoms with E-state index >= 15 is 0 Å². The van der Waals surface area contributed by atoms with E-state index in [9.17, 15) is 9.90 Å². The molecule has 12 heteroatoms. The highest BCUT2D eigenvalue weighted by Gasteiger charge is 2.34. The molecule has 8 rings (SSSR count). The molecule has 2 aliphatic carbocycles. The van der Waals surface area contributed by atoms with Gasteiger partial charge in [-0.15, -0.1) is 0 Å². The summed E-state index contributed by atoms with van der Waals surface area (Å²) in [4.78, 5) is 41.9. The number of pyridine rings is 3. The molecule has 1 aliphatic heterocycles. The average molecular weight is 737 g/mol. The summed E-state index contributed by atoms with van der Waals surface area (Å²) in [6.45, 7) is 8.40. The van der Waals surface area contributed by atoms with E-state index in [2.05, 4.69) is 45.3 Å². The van der Waals surface area contributed by atoms with Gasteiger partial charge in [-0.2, -0.15) is 0 Å². The van der Waals surface area contributed by atoms with Crippen molar-refractivity contribution in [2.24, 2.45) is 9.98 Å². The highest BCUT2D eigenvalue weighted by Crippen LogP contribution is 2.45. The Morgan fingerprint density at radius 1 is 0.855 bits per heavy atom.